The lowest BCUT2D eigenvalue weighted by Crippen LogP contribution is -2.50. The molecule has 1 heterocycles. The van der Waals surface area contributed by atoms with E-state index < -0.39 is 10.0 Å². The van der Waals surface area contributed by atoms with E-state index in [0.29, 0.717) is 25.3 Å². The second-order valence-electron chi connectivity index (χ2n) is 6.40. The van der Waals surface area contributed by atoms with Crippen molar-refractivity contribution in [1.29, 1.82) is 0 Å². The number of hydrogen-bond donors (Lipinski definition) is 0. The molecule has 1 fully saturated rings. The zero-order valence-corrected chi connectivity index (χ0v) is 16.0. The lowest BCUT2D eigenvalue weighted by molar-refractivity contribution is -0.133. The summed E-state index contributed by atoms with van der Waals surface area (Å²) in [4.78, 5) is 14.0. The van der Waals surface area contributed by atoms with Crippen LogP contribution in [0.4, 0.5) is 0 Å². The molecule has 1 aromatic rings. The average molecular weight is 370 g/mol. The lowest BCUT2D eigenvalue weighted by Gasteiger charge is -2.34. The van der Waals surface area contributed by atoms with Crippen molar-refractivity contribution in [3.8, 4) is 11.5 Å². The third-order valence-corrected chi connectivity index (χ3v) is 6.10. The van der Waals surface area contributed by atoms with Crippen molar-refractivity contribution < 1.29 is 22.7 Å². The van der Waals surface area contributed by atoms with Crippen LogP contribution in [-0.2, 0) is 14.8 Å². The summed E-state index contributed by atoms with van der Waals surface area (Å²) in [6.07, 6.45) is 0.485. The molecule has 0 aromatic heterocycles. The molecule has 1 saturated heterocycles. The third kappa shape index (κ3) is 4.43. The molecule has 0 aliphatic carbocycles. The Morgan fingerprint density at radius 1 is 1.12 bits per heavy atom. The lowest BCUT2D eigenvalue weighted by atomic mass is 10.1. The molecule has 7 nitrogen and oxygen atoms in total. The van der Waals surface area contributed by atoms with Gasteiger partial charge in [-0.2, -0.15) is 4.31 Å². The molecule has 140 valence electrons. The van der Waals surface area contributed by atoms with Crippen LogP contribution in [0.2, 0.25) is 0 Å². The summed E-state index contributed by atoms with van der Waals surface area (Å²) >= 11 is 0. The zero-order valence-electron chi connectivity index (χ0n) is 15.2. The number of rotatable bonds is 6. The monoisotopic (exact) mass is 370 g/mol. The Balaban J connectivity index is 2.13. The number of benzene rings is 1. The first-order chi connectivity index (χ1) is 11.8. The number of nitrogens with zero attached hydrogens (tertiary/aromatic N) is 2. The molecule has 25 heavy (non-hydrogen) atoms. The molecule has 8 heteroatoms. The van der Waals surface area contributed by atoms with Gasteiger partial charge >= 0.3 is 0 Å². The van der Waals surface area contributed by atoms with E-state index in [4.69, 9.17) is 9.47 Å². The van der Waals surface area contributed by atoms with Crippen LogP contribution in [0.15, 0.2) is 23.1 Å². The summed E-state index contributed by atoms with van der Waals surface area (Å²) in [5.41, 5.74) is 0. The zero-order chi connectivity index (χ0) is 18.6. The molecule has 1 aromatic carbocycles. The normalized spacial score (nSPS) is 16.1. The Morgan fingerprint density at radius 3 is 2.28 bits per heavy atom. The van der Waals surface area contributed by atoms with Gasteiger partial charge in [0.2, 0.25) is 15.9 Å². The van der Waals surface area contributed by atoms with Gasteiger partial charge in [0.25, 0.3) is 0 Å². The molecule has 0 bridgehead atoms. The molecule has 1 aliphatic heterocycles. The van der Waals surface area contributed by atoms with Gasteiger partial charge in [-0.25, -0.2) is 8.42 Å². The summed E-state index contributed by atoms with van der Waals surface area (Å²) in [6, 6.07) is 4.64. The van der Waals surface area contributed by atoms with Gasteiger partial charge in [-0.1, -0.05) is 13.8 Å². The van der Waals surface area contributed by atoms with Gasteiger partial charge in [-0.15, -0.1) is 0 Å². The predicted molar refractivity (Wildman–Crippen MR) is 94.3 cm³/mol. The Hall–Kier alpha value is -1.80. The van der Waals surface area contributed by atoms with Gasteiger partial charge in [-0.3, -0.25) is 4.79 Å². The van der Waals surface area contributed by atoms with Crippen molar-refractivity contribution in [3.05, 3.63) is 18.2 Å². The first kappa shape index (κ1) is 19.5. The van der Waals surface area contributed by atoms with E-state index in [1.54, 1.807) is 17.0 Å². The van der Waals surface area contributed by atoms with Crippen molar-refractivity contribution in [2.75, 3.05) is 40.4 Å². The van der Waals surface area contributed by atoms with E-state index in [0.717, 1.165) is 0 Å². The molecular formula is C17H26N2O5S. The number of piperazine rings is 1. The van der Waals surface area contributed by atoms with E-state index in [2.05, 4.69) is 0 Å². The van der Waals surface area contributed by atoms with Crippen molar-refractivity contribution >= 4 is 15.9 Å². The minimum absolute atomic E-state index is 0.0778. The first-order valence-corrected chi connectivity index (χ1v) is 9.73. The standard InChI is InChI=1S/C17H26N2O5S/c1-13(2)11-17(20)18-7-9-19(10-8-18)25(21,22)16-6-5-14(23-3)12-15(16)24-4/h5-6,12-13H,7-11H2,1-4H3. The van der Waals surface area contributed by atoms with Crippen LogP contribution in [0, 0.1) is 5.92 Å². The smallest absolute Gasteiger partial charge is 0.246 e. The van der Waals surface area contributed by atoms with Gasteiger partial charge in [-0.05, 0) is 18.1 Å². The van der Waals surface area contributed by atoms with Crippen LogP contribution >= 0.6 is 0 Å². The van der Waals surface area contributed by atoms with Crippen molar-refractivity contribution in [2.45, 2.75) is 25.2 Å². The van der Waals surface area contributed by atoms with Gasteiger partial charge < -0.3 is 14.4 Å². The second-order valence-corrected chi connectivity index (χ2v) is 8.31. The van der Waals surface area contributed by atoms with Gasteiger partial charge in [0.1, 0.15) is 16.4 Å². The molecule has 0 radical (unpaired) electrons. The van der Waals surface area contributed by atoms with E-state index in [1.165, 1.54) is 24.6 Å². The largest absolute Gasteiger partial charge is 0.497 e. The summed E-state index contributed by atoms with van der Waals surface area (Å²) in [5.74, 6) is 1.14. The summed E-state index contributed by atoms with van der Waals surface area (Å²) < 4.78 is 37.6. The maximum atomic E-state index is 12.9. The Kier molecular flexibility index (Phi) is 6.29. The van der Waals surface area contributed by atoms with E-state index >= 15 is 0 Å². The van der Waals surface area contributed by atoms with E-state index in [-0.39, 0.29) is 35.6 Å². The van der Waals surface area contributed by atoms with Crippen LogP contribution in [0.3, 0.4) is 0 Å². The minimum Gasteiger partial charge on any atom is -0.497 e. The Bertz CT molecular complexity index is 710. The first-order valence-electron chi connectivity index (χ1n) is 8.29. The van der Waals surface area contributed by atoms with Crippen LogP contribution in [0.1, 0.15) is 20.3 Å². The number of methoxy groups -OCH3 is 2. The highest BCUT2D eigenvalue weighted by Crippen LogP contribution is 2.31. The van der Waals surface area contributed by atoms with Gasteiger partial charge in [0.15, 0.2) is 0 Å². The quantitative estimate of drug-likeness (QED) is 0.760. The second kappa shape index (κ2) is 8.05. The number of carbonyl (C=O) groups excluding carboxylic acids is 1. The maximum absolute atomic E-state index is 12.9. The highest BCUT2D eigenvalue weighted by atomic mass is 32.2. The molecule has 0 atom stereocenters. The number of ether oxygens (including phenoxy) is 2. The average Bonchev–Trinajstić information content (AvgIpc) is 2.60. The molecular weight excluding hydrogens is 344 g/mol. The van der Waals surface area contributed by atoms with E-state index in [9.17, 15) is 13.2 Å². The molecule has 0 unspecified atom stereocenters. The molecule has 1 aliphatic rings. The van der Waals surface area contributed by atoms with Crippen molar-refractivity contribution in [3.63, 3.8) is 0 Å². The minimum atomic E-state index is -3.69. The molecule has 0 N–H and O–H groups in total. The van der Waals surface area contributed by atoms with Crippen LogP contribution in [-0.4, -0.2) is 63.9 Å². The highest BCUT2D eigenvalue weighted by Gasteiger charge is 2.32. The van der Waals surface area contributed by atoms with Gasteiger partial charge in [0, 0.05) is 38.7 Å². The summed E-state index contributed by atoms with van der Waals surface area (Å²) in [7, 11) is -0.750. The Morgan fingerprint density at radius 2 is 1.76 bits per heavy atom. The van der Waals surface area contributed by atoms with Gasteiger partial charge in [0.05, 0.1) is 14.2 Å². The molecule has 1 amide bonds. The third-order valence-electron chi connectivity index (χ3n) is 4.16. The fourth-order valence-electron chi connectivity index (χ4n) is 2.78. The SMILES string of the molecule is COc1ccc(S(=O)(=O)N2CCN(C(=O)CC(C)C)CC2)c(OC)c1. The van der Waals surface area contributed by atoms with Crippen LogP contribution < -0.4 is 9.47 Å². The van der Waals surface area contributed by atoms with Crippen LogP contribution in [0.25, 0.3) is 0 Å². The van der Waals surface area contributed by atoms with Crippen molar-refractivity contribution in [1.82, 2.24) is 9.21 Å². The number of amides is 1. The van der Waals surface area contributed by atoms with Crippen molar-refractivity contribution in [2.24, 2.45) is 5.92 Å². The summed E-state index contributed by atoms with van der Waals surface area (Å²) in [6.45, 7) is 5.36. The maximum Gasteiger partial charge on any atom is 0.246 e. The predicted octanol–water partition coefficient (Wildman–Crippen LogP) is 1.58. The number of hydrogen-bond acceptors (Lipinski definition) is 5. The van der Waals surface area contributed by atoms with Crippen LogP contribution in [0.5, 0.6) is 11.5 Å². The molecule has 0 saturated carbocycles. The fourth-order valence-corrected chi connectivity index (χ4v) is 4.34. The van der Waals surface area contributed by atoms with E-state index in [1.807, 2.05) is 13.8 Å². The molecule has 2 rings (SSSR count). The summed E-state index contributed by atoms with van der Waals surface area (Å²) in [5, 5.41) is 0. The highest BCUT2D eigenvalue weighted by molar-refractivity contribution is 7.89. The number of sulfonamides is 1. The Labute approximate surface area is 149 Å². The number of carbonyl (C=O) groups is 1. The fraction of sp³-hybridized carbons (Fsp3) is 0.588. The molecule has 0 spiro atoms. The topological polar surface area (TPSA) is 76.2 Å².